The van der Waals surface area contributed by atoms with Crippen LogP contribution >= 0.6 is 22.9 Å². The molecule has 9 nitrogen and oxygen atoms in total. The molecular weight excluding hydrogens is 454 g/mol. The lowest BCUT2D eigenvalue weighted by Crippen LogP contribution is -2.46. The van der Waals surface area contributed by atoms with Crippen LogP contribution in [0.3, 0.4) is 0 Å². The summed E-state index contributed by atoms with van der Waals surface area (Å²) in [5, 5.41) is 7.47. The van der Waals surface area contributed by atoms with Gasteiger partial charge in [0.25, 0.3) is 5.91 Å². The lowest BCUT2D eigenvalue weighted by Gasteiger charge is -2.26. The maximum atomic E-state index is 12.3. The number of hydrazine groups is 1. The molecule has 2 aliphatic heterocycles. The van der Waals surface area contributed by atoms with Gasteiger partial charge in [-0.1, -0.05) is 18.0 Å². The van der Waals surface area contributed by atoms with Gasteiger partial charge in [0.1, 0.15) is 6.10 Å². The van der Waals surface area contributed by atoms with E-state index in [2.05, 4.69) is 16.1 Å². The zero-order chi connectivity index (χ0) is 22.5. The third kappa shape index (κ3) is 5.70. The third-order valence-electron chi connectivity index (χ3n) is 5.21. The summed E-state index contributed by atoms with van der Waals surface area (Å²) in [6.45, 7) is 2.22. The molecule has 1 aromatic heterocycles. The number of ether oxygens (including phenoxy) is 1. The summed E-state index contributed by atoms with van der Waals surface area (Å²) in [7, 11) is 0. The Morgan fingerprint density at radius 3 is 2.53 bits per heavy atom. The van der Waals surface area contributed by atoms with Crippen LogP contribution in [0.4, 0.5) is 21.0 Å². The number of rotatable bonds is 6. The first-order valence-corrected chi connectivity index (χ1v) is 11.6. The summed E-state index contributed by atoms with van der Waals surface area (Å²) >= 11 is 7.04. The van der Waals surface area contributed by atoms with Gasteiger partial charge in [-0.15, -0.1) is 11.3 Å². The number of nitrogens with one attached hydrogen (secondary N) is 3. The number of hydrogen-bond acceptors (Lipinski definition) is 6. The van der Waals surface area contributed by atoms with E-state index < -0.39 is 12.2 Å². The highest BCUT2D eigenvalue weighted by Crippen LogP contribution is 2.24. The first-order chi connectivity index (χ1) is 15.5. The number of cyclic esters (lactones) is 1. The number of piperidine rings is 1. The minimum atomic E-state index is -0.480. The third-order valence-corrected chi connectivity index (χ3v) is 6.44. The van der Waals surface area contributed by atoms with E-state index in [0.29, 0.717) is 27.1 Å². The van der Waals surface area contributed by atoms with Crippen LogP contribution in [0.2, 0.25) is 4.34 Å². The number of urea groups is 1. The Balaban J connectivity index is 1.26. The number of hydrogen-bond donors (Lipinski definition) is 3. The van der Waals surface area contributed by atoms with Crippen molar-refractivity contribution in [3.8, 4) is 0 Å². The molecule has 0 bridgehead atoms. The Labute approximate surface area is 194 Å². The van der Waals surface area contributed by atoms with Gasteiger partial charge in [-0.25, -0.2) is 14.6 Å². The van der Waals surface area contributed by atoms with Crippen LogP contribution < -0.4 is 21.0 Å². The average Bonchev–Trinajstić information content (AvgIpc) is 3.39. The van der Waals surface area contributed by atoms with Gasteiger partial charge in [0.05, 0.1) is 22.3 Å². The zero-order valence-corrected chi connectivity index (χ0v) is 18.9. The van der Waals surface area contributed by atoms with Crippen LogP contribution in [0.25, 0.3) is 0 Å². The molecule has 1 aromatic carbocycles. The van der Waals surface area contributed by atoms with Crippen molar-refractivity contribution in [1.82, 2.24) is 15.8 Å². The summed E-state index contributed by atoms with van der Waals surface area (Å²) in [5.41, 5.74) is 4.11. The minimum Gasteiger partial charge on any atom is -0.442 e. The SMILES string of the molecule is O=C(Nc1ccc(N2CC(CNC(=O)c3ccc(Cl)s3)OC2=O)cc1)NN1CCCCC1. The van der Waals surface area contributed by atoms with Crippen molar-refractivity contribution in [2.24, 2.45) is 0 Å². The van der Waals surface area contributed by atoms with E-state index >= 15 is 0 Å². The molecule has 4 amide bonds. The summed E-state index contributed by atoms with van der Waals surface area (Å²) in [5.74, 6) is -0.255. The number of benzene rings is 1. The van der Waals surface area contributed by atoms with Crippen LogP contribution in [-0.2, 0) is 4.74 Å². The number of carbonyl (C=O) groups is 3. The summed E-state index contributed by atoms with van der Waals surface area (Å²) < 4.78 is 5.90. The predicted octanol–water partition coefficient (Wildman–Crippen LogP) is 3.68. The molecular formula is C21H24ClN5O4S. The molecule has 2 aliphatic rings. The van der Waals surface area contributed by atoms with Crippen molar-refractivity contribution in [3.05, 3.63) is 45.6 Å². The number of nitrogens with zero attached hydrogens (tertiary/aromatic N) is 2. The summed E-state index contributed by atoms with van der Waals surface area (Å²) in [4.78, 5) is 38.6. The topological polar surface area (TPSA) is 103 Å². The monoisotopic (exact) mass is 477 g/mol. The van der Waals surface area contributed by atoms with E-state index in [1.54, 1.807) is 36.4 Å². The van der Waals surface area contributed by atoms with Gasteiger partial charge < -0.3 is 15.4 Å². The Bertz CT molecular complexity index is 977. The van der Waals surface area contributed by atoms with Crippen molar-refractivity contribution >= 4 is 52.3 Å². The first-order valence-electron chi connectivity index (χ1n) is 10.4. The van der Waals surface area contributed by atoms with Crippen LogP contribution in [0.1, 0.15) is 28.9 Å². The van der Waals surface area contributed by atoms with Gasteiger partial charge >= 0.3 is 12.1 Å². The van der Waals surface area contributed by atoms with Crippen molar-refractivity contribution in [3.63, 3.8) is 0 Å². The van der Waals surface area contributed by atoms with Crippen LogP contribution in [0, 0.1) is 0 Å². The molecule has 2 aromatic rings. The van der Waals surface area contributed by atoms with Crippen molar-refractivity contribution in [2.45, 2.75) is 25.4 Å². The molecule has 0 spiro atoms. The largest absolute Gasteiger partial charge is 0.442 e. The van der Waals surface area contributed by atoms with E-state index in [1.165, 1.54) is 22.7 Å². The van der Waals surface area contributed by atoms with E-state index in [-0.39, 0.29) is 18.5 Å². The van der Waals surface area contributed by atoms with Crippen molar-refractivity contribution < 1.29 is 19.1 Å². The van der Waals surface area contributed by atoms with Gasteiger partial charge in [0.15, 0.2) is 0 Å². The Morgan fingerprint density at radius 1 is 1.09 bits per heavy atom. The Morgan fingerprint density at radius 2 is 1.84 bits per heavy atom. The van der Waals surface area contributed by atoms with E-state index in [1.807, 2.05) is 5.01 Å². The highest BCUT2D eigenvalue weighted by Gasteiger charge is 2.32. The van der Waals surface area contributed by atoms with Crippen LogP contribution in [0.15, 0.2) is 36.4 Å². The van der Waals surface area contributed by atoms with Crippen molar-refractivity contribution in [2.75, 3.05) is 36.4 Å². The molecule has 11 heteroatoms. The van der Waals surface area contributed by atoms with Gasteiger partial charge in [0.2, 0.25) is 0 Å². The first kappa shape index (κ1) is 22.4. The normalized spacial score (nSPS) is 18.8. The minimum absolute atomic E-state index is 0.201. The molecule has 0 radical (unpaired) electrons. The fourth-order valence-corrected chi connectivity index (χ4v) is 4.56. The molecule has 3 N–H and O–H groups in total. The molecule has 1 unspecified atom stereocenters. The lowest BCUT2D eigenvalue weighted by molar-refractivity contribution is 0.0920. The molecule has 0 saturated carbocycles. The van der Waals surface area contributed by atoms with Crippen molar-refractivity contribution in [1.29, 1.82) is 0 Å². The predicted molar refractivity (Wildman–Crippen MR) is 123 cm³/mol. The summed E-state index contributed by atoms with van der Waals surface area (Å²) in [6, 6.07) is 9.97. The zero-order valence-electron chi connectivity index (χ0n) is 17.3. The lowest BCUT2D eigenvalue weighted by atomic mass is 10.2. The second-order valence-electron chi connectivity index (χ2n) is 7.59. The Kier molecular flexibility index (Phi) is 7.13. The number of amides is 4. The molecule has 32 heavy (non-hydrogen) atoms. The van der Waals surface area contributed by atoms with E-state index in [0.717, 1.165) is 25.9 Å². The fourth-order valence-electron chi connectivity index (χ4n) is 3.60. The smallest absolute Gasteiger partial charge is 0.414 e. The highest BCUT2D eigenvalue weighted by atomic mass is 35.5. The van der Waals surface area contributed by atoms with Gasteiger partial charge in [-0.2, -0.15) is 0 Å². The van der Waals surface area contributed by atoms with Gasteiger partial charge in [-0.05, 0) is 49.2 Å². The van der Waals surface area contributed by atoms with E-state index in [4.69, 9.17) is 16.3 Å². The molecule has 4 rings (SSSR count). The maximum Gasteiger partial charge on any atom is 0.414 e. The second-order valence-corrected chi connectivity index (χ2v) is 9.31. The second kappa shape index (κ2) is 10.2. The number of thiophene rings is 1. The van der Waals surface area contributed by atoms with Gasteiger partial charge in [0, 0.05) is 24.5 Å². The quantitative estimate of drug-likeness (QED) is 0.589. The number of anilines is 2. The van der Waals surface area contributed by atoms with Crippen LogP contribution in [-0.4, -0.2) is 55.3 Å². The molecule has 2 fully saturated rings. The van der Waals surface area contributed by atoms with Gasteiger partial charge in [-0.3, -0.25) is 15.1 Å². The summed E-state index contributed by atoms with van der Waals surface area (Å²) in [6.07, 6.45) is 2.40. The molecule has 170 valence electrons. The molecule has 0 aliphatic carbocycles. The molecule has 3 heterocycles. The van der Waals surface area contributed by atoms with E-state index in [9.17, 15) is 14.4 Å². The number of halogens is 1. The molecule has 2 saturated heterocycles. The van der Waals surface area contributed by atoms with Crippen LogP contribution in [0.5, 0.6) is 0 Å². The fraction of sp³-hybridized carbons (Fsp3) is 0.381. The average molecular weight is 478 g/mol. The highest BCUT2D eigenvalue weighted by molar-refractivity contribution is 7.18. The molecule has 1 atom stereocenters. The number of carbonyl (C=O) groups excluding carboxylic acids is 3. The Hall–Kier alpha value is -2.82. The standard InChI is InChI=1S/C21H24ClN5O4S/c22-18-9-8-17(32-18)19(28)23-12-16-13-27(21(30)31-16)15-6-4-14(5-7-15)24-20(29)25-26-10-2-1-3-11-26/h4-9,16H,1-3,10-13H2,(H,23,28)(H2,24,25,29). The maximum absolute atomic E-state index is 12.3.